The molecule has 0 aromatic carbocycles. The lowest BCUT2D eigenvalue weighted by molar-refractivity contribution is 0.300. The van der Waals surface area contributed by atoms with Crippen LogP contribution in [0.3, 0.4) is 0 Å². The normalized spacial score (nSPS) is 11.5. The van der Waals surface area contributed by atoms with Gasteiger partial charge < -0.3 is 15.5 Å². The maximum absolute atomic E-state index is 4.70. The lowest BCUT2D eigenvalue weighted by Crippen LogP contribution is -2.38. The molecule has 0 bridgehead atoms. The molecule has 1 aromatic rings. The number of aryl methyl sites for hydroxylation is 2. The number of guanidine groups is 1. The summed E-state index contributed by atoms with van der Waals surface area (Å²) in [7, 11) is 1.98. The highest BCUT2D eigenvalue weighted by Crippen LogP contribution is 2.12. The van der Waals surface area contributed by atoms with Crippen molar-refractivity contribution in [2.75, 3.05) is 32.7 Å². The highest BCUT2D eigenvalue weighted by molar-refractivity contribution is 14.0. The van der Waals surface area contributed by atoms with Gasteiger partial charge in [0, 0.05) is 31.4 Å². The van der Waals surface area contributed by atoms with E-state index in [0.29, 0.717) is 6.54 Å². The molecule has 0 atom stereocenters. The highest BCUT2D eigenvalue weighted by atomic mass is 127. The van der Waals surface area contributed by atoms with Crippen LogP contribution < -0.4 is 10.6 Å². The minimum absolute atomic E-state index is 0. The highest BCUT2D eigenvalue weighted by Gasteiger charge is 2.09. The summed E-state index contributed by atoms with van der Waals surface area (Å²) < 4.78 is 1.92. The first-order valence-electron chi connectivity index (χ1n) is 8.76. The predicted octanol–water partition coefficient (Wildman–Crippen LogP) is 2.44. The average Bonchev–Trinajstić information content (AvgIpc) is 2.78. The van der Waals surface area contributed by atoms with Crippen LogP contribution in [0.15, 0.2) is 4.99 Å². The Morgan fingerprint density at radius 2 is 1.83 bits per heavy atom. The molecule has 0 unspecified atom stereocenters. The quantitative estimate of drug-likeness (QED) is 0.263. The number of hydrogen-bond acceptors (Lipinski definition) is 3. The van der Waals surface area contributed by atoms with Gasteiger partial charge in [-0.15, -0.1) is 24.0 Å². The van der Waals surface area contributed by atoms with Crippen molar-refractivity contribution in [3.63, 3.8) is 0 Å². The molecule has 2 N–H and O–H groups in total. The number of aliphatic imine (C=N–C) groups is 1. The number of aromatic nitrogens is 2. The van der Waals surface area contributed by atoms with E-state index >= 15 is 0 Å². The van der Waals surface area contributed by atoms with Gasteiger partial charge in [-0.1, -0.05) is 13.8 Å². The third kappa shape index (κ3) is 7.38. The Bertz CT molecular complexity index is 494. The molecular formula is C17H35IN6. The van der Waals surface area contributed by atoms with E-state index in [4.69, 9.17) is 4.99 Å². The van der Waals surface area contributed by atoms with Crippen molar-refractivity contribution in [2.45, 2.75) is 47.6 Å². The minimum atomic E-state index is 0. The number of hydrogen-bond donors (Lipinski definition) is 2. The first-order valence-corrected chi connectivity index (χ1v) is 8.76. The smallest absolute Gasteiger partial charge is 0.191 e. The molecule has 0 aliphatic rings. The van der Waals surface area contributed by atoms with Gasteiger partial charge in [-0.25, -0.2) is 4.99 Å². The average molecular weight is 450 g/mol. The van der Waals surface area contributed by atoms with E-state index in [2.05, 4.69) is 48.3 Å². The topological polar surface area (TPSA) is 57.5 Å². The summed E-state index contributed by atoms with van der Waals surface area (Å²) in [5.41, 5.74) is 3.46. The van der Waals surface area contributed by atoms with Crippen molar-refractivity contribution in [1.29, 1.82) is 0 Å². The second-order valence-electron chi connectivity index (χ2n) is 5.78. The van der Waals surface area contributed by atoms with Gasteiger partial charge >= 0.3 is 0 Å². The van der Waals surface area contributed by atoms with Crippen LogP contribution in [0.5, 0.6) is 0 Å². The van der Waals surface area contributed by atoms with E-state index < -0.39 is 0 Å². The third-order valence-corrected chi connectivity index (χ3v) is 4.24. The van der Waals surface area contributed by atoms with E-state index in [0.717, 1.165) is 50.8 Å². The second kappa shape index (κ2) is 12.5. The van der Waals surface area contributed by atoms with Crippen molar-refractivity contribution < 1.29 is 0 Å². The fraction of sp³-hybridized carbons (Fsp3) is 0.765. The van der Waals surface area contributed by atoms with Crippen molar-refractivity contribution in [1.82, 2.24) is 25.3 Å². The molecule has 7 heteroatoms. The number of nitrogens with zero attached hydrogens (tertiary/aromatic N) is 4. The lowest BCUT2D eigenvalue weighted by atomic mass is 10.2. The molecule has 0 amide bonds. The summed E-state index contributed by atoms with van der Waals surface area (Å²) in [6.45, 7) is 16.5. The van der Waals surface area contributed by atoms with Crippen LogP contribution in [-0.4, -0.2) is 53.4 Å². The largest absolute Gasteiger partial charge is 0.357 e. The van der Waals surface area contributed by atoms with Crippen molar-refractivity contribution >= 4 is 29.9 Å². The molecule has 0 spiro atoms. The van der Waals surface area contributed by atoms with E-state index in [-0.39, 0.29) is 24.0 Å². The van der Waals surface area contributed by atoms with E-state index in [1.54, 1.807) is 0 Å². The van der Waals surface area contributed by atoms with E-state index in [9.17, 15) is 0 Å². The van der Waals surface area contributed by atoms with Crippen LogP contribution >= 0.6 is 24.0 Å². The molecule has 0 fully saturated rings. The zero-order valence-electron chi connectivity index (χ0n) is 16.1. The summed E-state index contributed by atoms with van der Waals surface area (Å²) in [6, 6.07) is 0. The Kier molecular flexibility index (Phi) is 12.1. The Balaban J connectivity index is 0.00000529. The van der Waals surface area contributed by atoms with Gasteiger partial charge in [0.15, 0.2) is 5.96 Å². The molecule has 0 aliphatic carbocycles. The van der Waals surface area contributed by atoms with Gasteiger partial charge in [0.1, 0.15) is 0 Å². The summed E-state index contributed by atoms with van der Waals surface area (Å²) in [4.78, 5) is 7.14. The van der Waals surface area contributed by atoms with Crippen LogP contribution in [0.1, 0.15) is 44.1 Å². The fourth-order valence-electron chi connectivity index (χ4n) is 2.60. The SMILES string of the molecule is CCNC(=NCc1c(C)nn(C)c1C)NCCCN(CC)CC.I. The van der Waals surface area contributed by atoms with Gasteiger partial charge in [0.2, 0.25) is 0 Å². The van der Waals surface area contributed by atoms with Crippen molar-refractivity contribution in [2.24, 2.45) is 12.0 Å². The van der Waals surface area contributed by atoms with Crippen LogP contribution in [0.4, 0.5) is 0 Å². The summed E-state index contributed by atoms with van der Waals surface area (Å²) >= 11 is 0. The van der Waals surface area contributed by atoms with Crippen LogP contribution in [0.2, 0.25) is 0 Å². The zero-order chi connectivity index (χ0) is 17.2. The molecule has 6 nitrogen and oxygen atoms in total. The van der Waals surface area contributed by atoms with Crippen molar-refractivity contribution in [3.8, 4) is 0 Å². The fourth-order valence-corrected chi connectivity index (χ4v) is 2.60. The number of halogens is 1. The molecule has 0 radical (unpaired) electrons. The predicted molar refractivity (Wildman–Crippen MR) is 113 cm³/mol. The Morgan fingerprint density at radius 1 is 1.17 bits per heavy atom. The molecule has 0 saturated carbocycles. The number of nitrogens with one attached hydrogen (secondary N) is 2. The minimum Gasteiger partial charge on any atom is -0.357 e. The van der Waals surface area contributed by atoms with Gasteiger partial charge in [0.05, 0.1) is 12.2 Å². The van der Waals surface area contributed by atoms with Crippen LogP contribution in [0, 0.1) is 13.8 Å². The summed E-state index contributed by atoms with van der Waals surface area (Å²) in [6.07, 6.45) is 1.12. The first kappa shape index (κ1) is 23.2. The van der Waals surface area contributed by atoms with Crippen LogP contribution in [0.25, 0.3) is 0 Å². The summed E-state index contributed by atoms with van der Waals surface area (Å²) in [5, 5.41) is 11.2. The molecular weight excluding hydrogens is 415 g/mol. The van der Waals surface area contributed by atoms with Crippen molar-refractivity contribution in [3.05, 3.63) is 17.0 Å². The molecule has 140 valence electrons. The molecule has 0 aliphatic heterocycles. The van der Waals surface area contributed by atoms with Gasteiger partial charge in [0.25, 0.3) is 0 Å². The maximum Gasteiger partial charge on any atom is 0.191 e. The Labute approximate surface area is 164 Å². The Morgan fingerprint density at radius 3 is 2.33 bits per heavy atom. The molecule has 1 rings (SSSR count). The number of rotatable bonds is 9. The van der Waals surface area contributed by atoms with Gasteiger partial charge in [-0.3, -0.25) is 4.68 Å². The molecule has 0 saturated heterocycles. The second-order valence-corrected chi connectivity index (χ2v) is 5.78. The Hall–Kier alpha value is -0.830. The third-order valence-electron chi connectivity index (χ3n) is 4.24. The van der Waals surface area contributed by atoms with Gasteiger partial charge in [-0.2, -0.15) is 5.10 Å². The standard InChI is InChI=1S/C17H34N6.HI/c1-7-18-17(19-11-10-12-23(8-2)9-3)20-13-16-14(4)21-22(6)15(16)5;/h7-13H2,1-6H3,(H2,18,19,20);1H. The maximum atomic E-state index is 4.70. The monoisotopic (exact) mass is 450 g/mol. The van der Waals surface area contributed by atoms with Crippen LogP contribution in [-0.2, 0) is 13.6 Å². The molecule has 24 heavy (non-hydrogen) atoms. The zero-order valence-corrected chi connectivity index (χ0v) is 18.5. The molecule has 1 heterocycles. The summed E-state index contributed by atoms with van der Waals surface area (Å²) in [5.74, 6) is 0.884. The van der Waals surface area contributed by atoms with E-state index in [1.807, 2.05) is 18.7 Å². The lowest BCUT2D eigenvalue weighted by Gasteiger charge is -2.18. The molecule has 1 aromatic heterocycles. The van der Waals surface area contributed by atoms with Gasteiger partial charge in [-0.05, 0) is 46.8 Å². The first-order chi connectivity index (χ1) is 11.0. The van der Waals surface area contributed by atoms with E-state index in [1.165, 1.54) is 11.3 Å².